The van der Waals surface area contributed by atoms with Crippen LogP contribution < -0.4 is 10.6 Å². The summed E-state index contributed by atoms with van der Waals surface area (Å²) in [6.45, 7) is 8.46. The van der Waals surface area contributed by atoms with Crippen LogP contribution in [-0.4, -0.2) is 252 Å². The predicted molar refractivity (Wildman–Crippen MR) is 322 cm³/mol. The van der Waals surface area contributed by atoms with Crippen LogP contribution in [0.5, 0.6) is 0 Å². The van der Waals surface area contributed by atoms with Crippen molar-refractivity contribution in [2.75, 3.05) is 80.5 Å². The van der Waals surface area contributed by atoms with Crippen molar-refractivity contribution in [3.05, 3.63) is 120 Å². The number of likely N-dealkylation sites (tertiary alicyclic amines) is 2. The van der Waals surface area contributed by atoms with E-state index in [2.05, 4.69) is 39.5 Å². The molecule has 4 aromatic heterocycles. The normalized spacial score (nSPS) is 12.7. The number of carbonyl (C=O) groups is 12. The number of hydrogen-bond acceptors (Lipinski definition) is 18. The zero-order valence-electron chi connectivity index (χ0n) is 51.2. The Morgan fingerprint density at radius 2 is 0.702 bits per heavy atom. The van der Waals surface area contributed by atoms with Crippen LogP contribution in [0, 0.1) is 23.5 Å². The van der Waals surface area contributed by atoms with Crippen LogP contribution in [0.25, 0.3) is 22.3 Å². The quantitative estimate of drug-likeness (QED) is 0.0694. The van der Waals surface area contributed by atoms with Gasteiger partial charge in [0.2, 0.25) is 0 Å². The number of carboxylic acid groups (broad SMARTS) is 10. The van der Waals surface area contributed by atoms with Gasteiger partial charge in [-0.1, -0.05) is 24.3 Å². The highest BCUT2D eigenvalue weighted by Crippen LogP contribution is 2.26. The highest BCUT2D eigenvalue weighted by molar-refractivity contribution is 6.29. The second kappa shape index (κ2) is 40.4. The van der Waals surface area contributed by atoms with Gasteiger partial charge in [0, 0.05) is 79.6 Å². The minimum Gasteiger partial charge on any atom is -0.473 e. The van der Waals surface area contributed by atoms with Gasteiger partial charge in [-0.2, -0.15) is 0 Å². The van der Waals surface area contributed by atoms with Crippen LogP contribution in [0.2, 0.25) is 0 Å². The van der Waals surface area contributed by atoms with Crippen LogP contribution >= 0.6 is 0 Å². The van der Waals surface area contributed by atoms with Gasteiger partial charge in [0.05, 0.1) is 13.1 Å². The van der Waals surface area contributed by atoms with E-state index in [0.717, 1.165) is 123 Å². The molecule has 36 heteroatoms. The van der Waals surface area contributed by atoms with Gasteiger partial charge < -0.3 is 90.4 Å². The molecule has 0 bridgehead atoms. The van der Waals surface area contributed by atoms with Crippen LogP contribution in [0.15, 0.2) is 85.2 Å². The molecule has 2 fully saturated rings. The molecule has 2 saturated heterocycles. The number of hydrogen-bond donors (Lipinski definition) is 12. The van der Waals surface area contributed by atoms with Crippen molar-refractivity contribution in [2.24, 2.45) is 11.8 Å². The molecule has 8 rings (SSSR count). The first-order chi connectivity index (χ1) is 44.2. The number of nitrogens with zero attached hydrogens (tertiary/aromatic N) is 10. The molecular formula is C58H72F2N12O22. The Balaban J connectivity index is 0.000000447. The third kappa shape index (κ3) is 30.0. The highest BCUT2D eigenvalue weighted by Gasteiger charge is 2.25. The van der Waals surface area contributed by atoms with Crippen LogP contribution in [0.1, 0.15) is 48.5 Å². The van der Waals surface area contributed by atoms with E-state index in [9.17, 15) is 18.4 Å². The van der Waals surface area contributed by atoms with Crippen molar-refractivity contribution in [1.29, 1.82) is 0 Å². The Labute approximate surface area is 532 Å². The number of pyridine rings is 2. The molecule has 0 spiro atoms. The molecule has 0 saturated carbocycles. The molecule has 2 aliphatic rings. The summed E-state index contributed by atoms with van der Waals surface area (Å²) in [5.41, 5.74) is 5.62. The zero-order chi connectivity index (χ0) is 70.8. The van der Waals surface area contributed by atoms with Crippen molar-refractivity contribution in [3.63, 3.8) is 0 Å². The lowest BCUT2D eigenvalue weighted by molar-refractivity contribution is -0.159. The first-order valence-electron chi connectivity index (χ1n) is 28.0. The van der Waals surface area contributed by atoms with Gasteiger partial charge in [-0.3, -0.25) is 0 Å². The molecule has 2 aliphatic heterocycles. The van der Waals surface area contributed by atoms with Crippen molar-refractivity contribution in [3.8, 4) is 0 Å². The molecule has 510 valence electrons. The van der Waals surface area contributed by atoms with E-state index in [-0.39, 0.29) is 23.7 Å². The number of amides is 4. The second-order valence-electron chi connectivity index (χ2n) is 20.5. The molecule has 0 atom stereocenters. The Morgan fingerprint density at radius 3 is 0.947 bits per heavy atom. The number of urea groups is 2. The topological polar surface area (TPSA) is 506 Å². The number of halogens is 2. The summed E-state index contributed by atoms with van der Waals surface area (Å²) in [4.78, 5) is 141. The molecule has 94 heavy (non-hydrogen) atoms. The van der Waals surface area contributed by atoms with E-state index in [1.165, 1.54) is 24.3 Å². The first-order valence-corrected chi connectivity index (χ1v) is 28.0. The van der Waals surface area contributed by atoms with Gasteiger partial charge >= 0.3 is 71.8 Å². The van der Waals surface area contributed by atoms with Crippen molar-refractivity contribution in [2.45, 2.75) is 51.6 Å². The van der Waals surface area contributed by atoms with Gasteiger partial charge in [0.1, 0.15) is 34.3 Å². The minimum absolute atomic E-state index is 0.0476. The second-order valence-corrected chi connectivity index (χ2v) is 20.5. The summed E-state index contributed by atoms with van der Waals surface area (Å²) in [6, 6.07) is 21.0. The summed E-state index contributed by atoms with van der Waals surface area (Å²) >= 11 is 0. The highest BCUT2D eigenvalue weighted by atomic mass is 19.1. The van der Waals surface area contributed by atoms with Crippen molar-refractivity contribution in [1.82, 2.24) is 59.3 Å². The van der Waals surface area contributed by atoms with Gasteiger partial charge in [0.15, 0.2) is 11.3 Å². The minimum atomic E-state index is -1.82. The Bertz CT molecular complexity index is 3160. The van der Waals surface area contributed by atoms with E-state index in [4.69, 9.17) is 109 Å². The monoisotopic (exact) mass is 1330 g/mol. The fourth-order valence-electron chi connectivity index (χ4n) is 8.50. The summed E-state index contributed by atoms with van der Waals surface area (Å²) in [7, 11) is 7.00. The maximum Gasteiger partial charge on any atom is 0.414 e. The van der Waals surface area contributed by atoms with Gasteiger partial charge in [0.25, 0.3) is 0 Å². The molecule has 6 aromatic rings. The number of imidazole rings is 2. The third-order valence-electron chi connectivity index (χ3n) is 13.2. The molecule has 2 aromatic carbocycles. The lowest BCUT2D eigenvalue weighted by Crippen LogP contribution is -2.42. The summed E-state index contributed by atoms with van der Waals surface area (Å²) < 4.78 is 31.0. The number of benzene rings is 2. The predicted octanol–water partition coefficient (Wildman–Crippen LogP) is 2.07. The average Bonchev–Trinajstić information content (AvgIpc) is 1.66. The summed E-state index contributed by atoms with van der Waals surface area (Å²) in [6.07, 6.45) is 9.82. The molecule has 12 N–H and O–H groups in total. The number of aromatic nitrogens is 6. The largest absolute Gasteiger partial charge is 0.473 e. The van der Waals surface area contributed by atoms with Crippen LogP contribution in [0.3, 0.4) is 0 Å². The number of carbonyl (C=O) groups excluding carboxylic acids is 2. The molecule has 0 unspecified atom stereocenters. The molecule has 6 heterocycles. The average molecular weight is 1330 g/mol. The van der Waals surface area contributed by atoms with E-state index in [1.54, 1.807) is 50.4 Å². The number of carboxylic acids is 10. The number of aliphatic carboxylic acids is 10. The van der Waals surface area contributed by atoms with E-state index < -0.39 is 59.7 Å². The van der Waals surface area contributed by atoms with Crippen LogP contribution in [-0.2, 0) is 73.9 Å². The maximum absolute atomic E-state index is 13.3. The Hall–Kier alpha value is -11.3. The standard InChI is InChI=1S/2C24H31FN6O.5C2H2O4/c2*1-29(2)24(32)27-12-15-30-13-9-18(10-14-30)16-22-28-21-4-3-11-26-23(21)31(22)17-19-5-7-20(25)8-6-19;5*3-1(4)2(5)6/h2*3-8,11,18H,9-10,12-17H2,1-2H3,(H,27,32);5*(H,3,4)(H,5,6). The van der Waals surface area contributed by atoms with Crippen molar-refractivity contribution >= 4 is 94.1 Å². The smallest absolute Gasteiger partial charge is 0.414 e. The van der Waals surface area contributed by atoms with Crippen LogP contribution in [0.4, 0.5) is 18.4 Å². The molecular weight excluding hydrogens is 1250 g/mol. The molecule has 0 radical (unpaired) electrons. The van der Waals surface area contributed by atoms with E-state index in [1.807, 2.05) is 48.5 Å². The zero-order valence-corrected chi connectivity index (χ0v) is 51.2. The SMILES string of the molecule is CN(C)C(=O)NCCN1CCC(Cc2nc3cccnc3n2Cc2ccc(F)cc2)CC1.CN(C)C(=O)NCCN1CCC(Cc2nc3cccnc3n2Cc2ccc(F)cc2)CC1.O=C(O)C(=O)O.O=C(O)C(=O)O.O=C(O)C(=O)O.O=C(O)C(=O)O.O=C(O)C(=O)O. The fourth-order valence-corrected chi connectivity index (χ4v) is 8.50. The number of fused-ring (bicyclic) bond motifs is 2. The van der Waals surface area contributed by atoms with E-state index in [0.29, 0.717) is 38.0 Å². The molecule has 0 aliphatic carbocycles. The van der Waals surface area contributed by atoms with Gasteiger partial charge in [-0.05, 0) is 123 Å². The summed E-state index contributed by atoms with van der Waals surface area (Å²) in [5, 5.41) is 79.8. The Kier molecular flexibility index (Phi) is 33.9. The molecule has 34 nitrogen and oxygen atoms in total. The lowest BCUT2D eigenvalue weighted by atomic mass is 9.93. The number of rotatable bonds is 14. The first kappa shape index (κ1) is 78.8. The Morgan fingerprint density at radius 1 is 0.436 bits per heavy atom. The fraction of sp³-hybridized carbons (Fsp3) is 0.379. The third-order valence-corrected chi connectivity index (χ3v) is 13.2. The summed E-state index contributed by atoms with van der Waals surface area (Å²) in [5.74, 6) is -15.5. The van der Waals surface area contributed by atoms with Crippen molar-refractivity contribution < 1.29 is 117 Å². The van der Waals surface area contributed by atoms with Gasteiger partial charge in [-0.15, -0.1) is 0 Å². The maximum atomic E-state index is 13.3. The van der Waals surface area contributed by atoms with E-state index >= 15 is 0 Å². The van der Waals surface area contributed by atoms with Gasteiger partial charge in [-0.25, -0.2) is 86.3 Å². The number of nitrogens with one attached hydrogen (secondary N) is 2. The lowest BCUT2D eigenvalue weighted by Gasteiger charge is -2.32. The molecule has 4 amide bonds. The number of piperidine rings is 2.